The SMILES string of the molecule is CC(C)(C)SC1C=CC=C1P(c1ccc(F)cc1)c1ccc(F)cc1. The lowest BCUT2D eigenvalue weighted by Gasteiger charge is -2.29. The molecule has 1 unspecified atom stereocenters. The second kappa shape index (κ2) is 7.43. The van der Waals surface area contributed by atoms with E-state index in [0.29, 0.717) is 0 Å². The molecule has 0 saturated heterocycles. The van der Waals surface area contributed by atoms with Gasteiger partial charge in [-0.05, 0) is 48.1 Å². The topological polar surface area (TPSA) is 0 Å². The maximum atomic E-state index is 13.4. The van der Waals surface area contributed by atoms with Crippen LogP contribution in [-0.2, 0) is 0 Å². The lowest BCUT2D eigenvalue weighted by molar-refractivity contribution is 0.628. The summed E-state index contributed by atoms with van der Waals surface area (Å²) in [6.45, 7) is 6.62. The Morgan fingerprint density at radius 3 is 1.76 bits per heavy atom. The number of hydrogen-bond donors (Lipinski definition) is 0. The Hall–Kier alpha value is -1.44. The smallest absolute Gasteiger partial charge is 0.123 e. The van der Waals surface area contributed by atoms with Crippen molar-refractivity contribution < 1.29 is 8.78 Å². The van der Waals surface area contributed by atoms with Crippen LogP contribution >= 0.6 is 19.7 Å². The summed E-state index contributed by atoms with van der Waals surface area (Å²) in [5.74, 6) is -0.478. The van der Waals surface area contributed by atoms with Crippen LogP contribution < -0.4 is 10.6 Å². The van der Waals surface area contributed by atoms with E-state index >= 15 is 0 Å². The van der Waals surface area contributed by atoms with Gasteiger partial charge in [-0.15, -0.1) is 11.8 Å². The Labute approximate surface area is 153 Å². The fourth-order valence-corrected chi connectivity index (χ4v) is 6.73. The van der Waals surface area contributed by atoms with Gasteiger partial charge in [0, 0.05) is 10.00 Å². The first-order chi connectivity index (χ1) is 11.8. The molecule has 0 aliphatic heterocycles. The van der Waals surface area contributed by atoms with Crippen LogP contribution in [0.1, 0.15) is 20.8 Å². The summed E-state index contributed by atoms with van der Waals surface area (Å²) in [5, 5.41) is 3.75. The zero-order valence-corrected chi connectivity index (χ0v) is 16.3. The minimum atomic E-state index is -0.825. The molecular weight excluding hydrogens is 353 g/mol. The first kappa shape index (κ1) is 18.4. The molecule has 25 heavy (non-hydrogen) atoms. The number of halogens is 2. The highest BCUT2D eigenvalue weighted by Gasteiger charge is 2.29. The van der Waals surface area contributed by atoms with Gasteiger partial charge in [0.1, 0.15) is 11.6 Å². The van der Waals surface area contributed by atoms with Gasteiger partial charge < -0.3 is 0 Å². The van der Waals surface area contributed by atoms with Crippen LogP contribution in [-0.4, -0.2) is 10.00 Å². The third kappa shape index (κ3) is 4.59. The molecule has 0 radical (unpaired) electrons. The number of benzene rings is 2. The molecule has 0 saturated carbocycles. The van der Waals surface area contributed by atoms with E-state index in [4.69, 9.17) is 0 Å². The highest BCUT2D eigenvalue weighted by Crippen LogP contribution is 2.51. The number of thioether (sulfide) groups is 1. The molecule has 1 aliphatic carbocycles. The van der Waals surface area contributed by atoms with Gasteiger partial charge >= 0.3 is 0 Å². The van der Waals surface area contributed by atoms with E-state index in [1.165, 1.54) is 29.6 Å². The summed E-state index contributed by atoms with van der Waals surface area (Å²) in [7, 11) is -0.825. The van der Waals surface area contributed by atoms with E-state index in [1.807, 2.05) is 36.0 Å². The highest BCUT2D eigenvalue weighted by atomic mass is 32.2. The molecule has 1 atom stereocenters. The largest absolute Gasteiger partial charge is 0.207 e. The summed E-state index contributed by atoms with van der Waals surface area (Å²) < 4.78 is 26.9. The predicted octanol–water partition coefficient (Wildman–Crippen LogP) is 5.75. The molecule has 0 N–H and O–H groups in total. The Balaban J connectivity index is 2.02. The molecule has 0 spiro atoms. The molecule has 0 aromatic heterocycles. The van der Waals surface area contributed by atoms with Gasteiger partial charge in [0.2, 0.25) is 0 Å². The van der Waals surface area contributed by atoms with Gasteiger partial charge in [0.25, 0.3) is 0 Å². The van der Waals surface area contributed by atoms with Gasteiger partial charge in [-0.3, -0.25) is 0 Å². The Bertz CT molecular complexity index is 741. The molecule has 2 aromatic carbocycles. The van der Waals surface area contributed by atoms with Crippen molar-refractivity contribution in [2.45, 2.75) is 30.8 Å². The number of hydrogen-bond acceptors (Lipinski definition) is 1. The zero-order chi connectivity index (χ0) is 18.0. The normalized spacial score (nSPS) is 17.2. The van der Waals surface area contributed by atoms with Crippen LogP contribution in [0.25, 0.3) is 0 Å². The highest BCUT2D eigenvalue weighted by molar-refractivity contribution is 8.02. The van der Waals surface area contributed by atoms with Gasteiger partial charge in [-0.2, -0.15) is 0 Å². The Kier molecular flexibility index (Phi) is 5.46. The van der Waals surface area contributed by atoms with Crippen molar-refractivity contribution in [3.05, 3.63) is 83.7 Å². The van der Waals surface area contributed by atoms with Crippen LogP contribution in [0.2, 0.25) is 0 Å². The summed E-state index contributed by atoms with van der Waals surface area (Å²) in [5.41, 5.74) is 0. The quantitative estimate of drug-likeness (QED) is 0.614. The van der Waals surface area contributed by atoms with Crippen molar-refractivity contribution in [1.29, 1.82) is 0 Å². The molecule has 0 heterocycles. The first-order valence-corrected chi connectivity index (χ1v) is 10.4. The molecule has 3 rings (SSSR count). The molecular formula is C21H21F2PS. The van der Waals surface area contributed by atoms with E-state index in [0.717, 1.165) is 10.6 Å². The lowest BCUT2D eigenvalue weighted by Crippen LogP contribution is -2.20. The van der Waals surface area contributed by atoms with Crippen molar-refractivity contribution in [2.24, 2.45) is 0 Å². The first-order valence-electron chi connectivity index (χ1n) is 8.21. The third-order valence-corrected chi connectivity index (χ3v) is 7.87. The molecule has 0 nitrogen and oxygen atoms in total. The van der Waals surface area contributed by atoms with Crippen molar-refractivity contribution >= 4 is 30.3 Å². The third-order valence-electron chi connectivity index (χ3n) is 3.75. The van der Waals surface area contributed by atoms with Gasteiger partial charge in [-0.1, -0.05) is 63.3 Å². The zero-order valence-electron chi connectivity index (χ0n) is 14.5. The fraction of sp³-hybridized carbons (Fsp3) is 0.238. The second-order valence-corrected chi connectivity index (χ2v) is 11.1. The average molecular weight is 374 g/mol. The summed E-state index contributed by atoms with van der Waals surface area (Å²) in [6, 6.07) is 13.4. The molecule has 130 valence electrons. The lowest BCUT2D eigenvalue weighted by atomic mass is 10.3. The standard InChI is InChI=1S/C21H21F2PS/c1-21(2,3)25-20-6-4-5-19(20)24(17-11-7-15(22)8-12-17)18-13-9-16(23)10-14-18/h4-14,20H,1-3H3. The van der Waals surface area contributed by atoms with Crippen LogP contribution in [0.15, 0.2) is 72.1 Å². The van der Waals surface area contributed by atoms with Gasteiger partial charge in [0.15, 0.2) is 0 Å². The van der Waals surface area contributed by atoms with Crippen LogP contribution in [0.3, 0.4) is 0 Å². The van der Waals surface area contributed by atoms with Crippen molar-refractivity contribution in [3.8, 4) is 0 Å². The van der Waals surface area contributed by atoms with Crippen LogP contribution in [0, 0.1) is 11.6 Å². The second-order valence-electron chi connectivity index (χ2n) is 6.92. The minimum absolute atomic E-state index is 0.130. The maximum Gasteiger partial charge on any atom is 0.123 e. The van der Waals surface area contributed by atoms with E-state index in [-0.39, 0.29) is 21.6 Å². The average Bonchev–Trinajstić information content (AvgIpc) is 2.97. The number of rotatable bonds is 4. The molecule has 2 aromatic rings. The van der Waals surface area contributed by atoms with Crippen molar-refractivity contribution in [2.75, 3.05) is 0 Å². The summed E-state index contributed by atoms with van der Waals surface area (Å²) in [6.07, 6.45) is 6.48. The fourth-order valence-electron chi connectivity index (χ4n) is 2.76. The van der Waals surface area contributed by atoms with E-state index in [9.17, 15) is 8.78 Å². The predicted molar refractivity (Wildman–Crippen MR) is 107 cm³/mol. The van der Waals surface area contributed by atoms with E-state index < -0.39 is 7.92 Å². The van der Waals surface area contributed by atoms with Gasteiger partial charge in [-0.25, -0.2) is 8.78 Å². The molecule has 0 fully saturated rings. The van der Waals surface area contributed by atoms with Crippen LogP contribution in [0.4, 0.5) is 8.78 Å². The summed E-state index contributed by atoms with van der Waals surface area (Å²) >= 11 is 1.91. The monoisotopic (exact) mass is 374 g/mol. The maximum absolute atomic E-state index is 13.4. The molecule has 4 heteroatoms. The van der Waals surface area contributed by atoms with Crippen molar-refractivity contribution in [1.82, 2.24) is 0 Å². The van der Waals surface area contributed by atoms with E-state index in [2.05, 4.69) is 39.0 Å². The Morgan fingerprint density at radius 1 is 0.840 bits per heavy atom. The summed E-state index contributed by atoms with van der Waals surface area (Å²) in [4.78, 5) is 0. The van der Waals surface area contributed by atoms with E-state index in [1.54, 1.807) is 0 Å². The molecule has 0 bridgehead atoms. The van der Waals surface area contributed by atoms with Crippen LogP contribution in [0.5, 0.6) is 0 Å². The number of allylic oxidation sites excluding steroid dienone is 2. The molecule has 1 aliphatic rings. The Morgan fingerprint density at radius 2 is 1.32 bits per heavy atom. The minimum Gasteiger partial charge on any atom is -0.207 e. The van der Waals surface area contributed by atoms with Crippen molar-refractivity contribution in [3.63, 3.8) is 0 Å². The van der Waals surface area contributed by atoms with Gasteiger partial charge in [0.05, 0.1) is 0 Å². The molecule has 0 amide bonds.